The molecular formula is C15H18. The minimum absolute atomic E-state index is 1.07. The highest BCUT2D eigenvalue weighted by Gasteiger charge is 1.96. The van der Waals surface area contributed by atoms with Crippen LogP contribution >= 0.6 is 0 Å². The first-order valence-electron chi connectivity index (χ1n) is 5.20. The summed E-state index contributed by atoms with van der Waals surface area (Å²) in [4.78, 5) is 0. The fraction of sp³-hybridized carbons (Fsp3) is 0.200. The molecule has 1 aromatic carbocycles. The molecule has 0 aliphatic heterocycles. The molecule has 0 heterocycles. The lowest BCUT2D eigenvalue weighted by Gasteiger charge is -2.03. The van der Waals surface area contributed by atoms with E-state index >= 15 is 0 Å². The summed E-state index contributed by atoms with van der Waals surface area (Å²) in [5.74, 6) is 0. The van der Waals surface area contributed by atoms with E-state index in [9.17, 15) is 0 Å². The van der Waals surface area contributed by atoms with Gasteiger partial charge in [0.2, 0.25) is 0 Å². The molecule has 1 aromatic rings. The highest BCUT2D eigenvalue weighted by atomic mass is 14.0. The SMILES string of the molecule is C=C(C)/C=C(\C=C/C)c1ccc(C)cc1. The van der Waals surface area contributed by atoms with Crippen LogP contribution in [0, 0.1) is 6.92 Å². The van der Waals surface area contributed by atoms with Crippen molar-refractivity contribution >= 4 is 5.57 Å². The van der Waals surface area contributed by atoms with E-state index < -0.39 is 0 Å². The summed E-state index contributed by atoms with van der Waals surface area (Å²) in [6.45, 7) is 10.0. The van der Waals surface area contributed by atoms with E-state index in [-0.39, 0.29) is 0 Å². The molecule has 0 radical (unpaired) electrons. The molecule has 0 spiro atoms. The Hall–Kier alpha value is -1.56. The van der Waals surface area contributed by atoms with E-state index in [4.69, 9.17) is 0 Å². The third kappa shape index (κ3) is 3.59. The topological polar surface area (TPSA) is 0 Å². The molecule has 0 unspecified atom stereocenters. The number of benzene rings is 1. The Bertz CT molecular complexity index is 389. The summed E-state index contributed by atoms with van der Waals surface area (Å²) in [6, 6.07) is 8.55. The van der Waals surface area contributed by atoms with Crippen molar-refractivity contribution in [2.24, 2.45) is 0 Å². The number of hydrogen-bond acceptors (Lipinski definition) is 0. The monoisotopic (exact) mass is 198 g/mol. The van der Waals surface area contributed by atoms with Crippen LogP contribution in [0.3, 0.4) is 0 Å². The molecule has 0 saturated heterocycles. The van der Waals surface area contributed by atoms with E-state index in [2.05, 4.69) is 56.0 Å². The summed E-state index contributed by atoms with van der Waals surface area (Å²) in [5.41, 5.74) is 4.81. The third-order valence-corrected chi connectivity index (χ3v) is 2.13. The smallest absolute Gasteiger partial charge is 0.0184 e. The van der Waals surface area contributed by atoms with E-state index in [0.29, 0.717) is 0 Å². The van der Waals surface area contributed by atoms with Gasteiger partial charge >= 0.3 is 0 Å². The van der Waals surface area contributed by atoms with Crippen molar-refractivity contribution in [1.82, 2.24) is 0 Å². The zero-order valence-electron chi connectivity index (χ0n) is 9.75. The Morgan fingerprint density at radius 3 is 2.27 bits per heavy atom. The molecule has 0 N–H and O–H groups in total. The lowest BCUT2D eigenvalue weighted by molar-refractivity contribution is 1.45. The van der Waals surface area contributed by atoms with E-state index in [0.717, 1.165) is 5.57 Å². The van der Waals surface area contributed by atoms with Crippen LogP contribution in [0.4, 0.5) is 0 Å². The quantitative estimate of drug-likeness (QED) is 0.626. The zero-order valence-corrected chi connectivity index (χ0v) is 9.75. The molecule has 0 bridgehead atoms. The highest BCUT2D eigenvalue weighted by molar-refractivity contribution is 5.75. The Kier molecular flexibility index (Phi) is 4.11. The molecule has 0 aliphatic rings. The molecule has 0 heteroatoms. The fourth-order valence-corrected chi connectivity index (χ4v) is 1.42. The maximum atomic E-state index is 3.91. The van der Waals surface area contributed by atoms with Crippen molar-refractivity contribution in [2.45, 2.75) is 20.8 Å². The molecule has 0 nitrogen and oxygen atoms in total. The Labute approximate surface area is 92.6 Å². The molecule has 0 aliphatic carbocycles. The van der Waals surface area contributed by atoms with Gasteiger partial charge in [-0.2, -0.15) is 0 Å². The largest absolute Gasteiger partial charge is 0.0961 e. The minimum atomic E-state index is 1.07. The zero-order chi connectivity index (χ0) is 11.3. The van der Waals surface area contributed by atoms with Crippen molar-refractivity contribution < 1.29 is 0 Å². The molecular weight excluding hydrogens is 180 g/mol. The van der Waals surface area contributed by atoms with E-state index in [1.54, 1.807) is 0 Å². The molecule has 0 aromatic heterocycles. The van der Waals surface area contributed by atoms with Gasteiger partial charge in [0.1, 0.15) is 0 Å². The van der Waals surface area contributed by atoms with Crippen LogP contribution in [-0.2, 0) is 0 Å². The molecule has 0 atom stereocenters. The van der Waals surface area contributed by atoms with Crippen molar-refractivity contribution in [2.75, 3.05) is 0 Å². The van der Waals surface area contributed by atoms with Crippen molar-refractivity contribution in [1.29, 1.82) is 0 Å². The average molecular weight is 198 g/mol. The summed E-state index contributed by atoms with van der Waals surface area (Å²) in [7, 11) is 0. The first kappa shape index (κ1) is 11.5. The van der Waals surface area contributed by atoms with Crippen LogP contribution in [0.25, 0.3) is 5.57 Å². The van der Waals surface area contributed by atoms with Crippen molar-refractivity contribution in [3.05, 3.63) is 65.8 Å². The Morgan fingerprint density at radius 2 is 1.80 bits per heavy atom. The van der Waals surface area contributed by atoms with Crippen molar-refractivity contribution in [3.8, 4) is 0 Å². The Morgan fingerprint density at radius 1 is 1.20 bits per heavy atom. The Balaban J connectivity index is 3.10. The van der Waals surface area contributed by atoms with E-state index in [1.165, 1.54) is 16.7 Å². The van der Waals surface area contributed by atoms with Crippen LogP contribution in [-0.4, -0.2) is 0 Å². The summed E-state index contributed by atoms with van der Waals surface area (Å²) < 4.78 is 0. The van der Waals surface area contributed by atoms with Crippen molar-refractivity contribution in [3.63, 3.8) is 0 Å². The first-order chi connectivity index (χ1) is 7.13. The molecule has 0 amide bonds. The predicted octanol–water partition coefficient (Wildman–Crippen LogP) is 4.53. The third-order valence-electron chi connectivity index (χ3n) is 2.13. The standard InChI is InChI=1S/C15H18/c1-5-6-15(11-12(2)3)14-9-7-13(4)8-10-14/h5-11H,2H2,1,3-4H3/b6-5-,15-11+. The highest BCUT2D eigenvalue weighted by Crippen LogP contribution is 2.18. The van der Waals surface area contributed by atoms with Crippen LogP contribution in [0.1, 0.15) is 25.0 Å². The maximum absolute atomic E-state index is 3.91. The molecule has 0 fully saturated rings. The lowest BCUT2D eigenvalue weighted by atomic mass is 10.0. The molecule has 15 heavy (non-hydrogen) atoms. The van der Waals surface area contributed by atoms with Crippen LogP contribution < -0.4 is 0 Å². The van der Waals surface area contributed by atoms with Gasteiger partial charge < -0.3 is 0 Å². The fourth-order valence-electron chi connectivity index (χ4n) is 1.42. The molecule has 1 rings (SSSR count). The first-order valence-corrected chi connectivity index (χ1v) is 5.20. The second-order valence-electron chi connectivity index (χ2n) is 3.81. The van der Waals surface area contributed by atoms with Gasteiger partial charge in [0.25, 0.3) is 0 Å². The van der Waals surface area contributed by atoms with Gasteiger partial charge in [-0.25, -0.2) is 0 Å². The van der Waals surface area contributed by atoms with Crippen LogP contribution in [0.2, 0.25) is 0 Å². The number of aryl methyl sites for hydroxylation is 1. The predicted molar refractivity (Wildman–Crippen MR) is 68.8 cm³/mol. The molecule has 0 saturated carbocycles. The van der Waals surface area contributed by atoms with Crippen LogP contribution in [0.15, 0.2) is 54.6 Å². The van der Waals surface area contributed by atoms with E-state index in [1.807, 2.05) is 13.8 Å². The maximum Gasteiger partial charge on any atom is -0.0184 e. The van der Waals surface area contributed by atoms with Crippen LogP contribution in [0.5, 0.6) is 0 Å². The number of rotatable bonds is 3. The molecule has 78 valence electrons. The van der Waals surface area contributed by atoms with Gasteiger partial charge in [0.15, 0.2) is 0 Å². The lowest BCUT2D eigenvalue weighted by Crippen LogP contribution is -1.82. The van der Waals surface area contributed by atoms with Gasteiger partial charge in [-0.1, -0.05) is 60.2 Å². The van der Waals surface area contributed by atoms with Gasteiger partial charge in [-0.05, 0) is 31.9 Å². The second-order valence-corrected chi connectivity index (χ2v) is 3.81. The summed E-state index contributed by atoms with van der Waals surface area (Å²) >= 11 is 0. The average Bonchev–Trinajstić information content (AvgIpc) is 2.17. The van der Waals surface area contributed by atoms with Gasteiger partial charge in [-0.3, -0.25) is 0 Å². The minimum Gasteiger partial charge on any atom is -0.0961 e. The number of allylic oxidation sites excluding steroid dienone is 5. The summed E-state index contributed by atoms with van der Waals surface area (Å²) in [6.07, 6.45) is 6.26. The number of hydrogen-bond donors (Lipinski definition) is 0. The van der Waals surface area contributed by atoms with Gasteiger partial charge in [0.05, 0.1) is 0 Å². The van der Waals surface area contributed by atoms with Gasteiger partial charge in [0, 0.05) is 0 Å². The summed E-state index contributed by atoms with van der Waals surface area (Å²) in [5, 5.41) is 0. The van der Waals surface area contributed by atoms with Gasteiger partial charge in [-0.15, -0.1) is 0 Å². The second kappa shape index (κ2) is 5.35. The normalized spacial score (nSPS) is 12.1.